The Bertz CT molecular complexity index is 474. The molecule has 0 aromatic heterocycles. The van der Waals surface area contributed by atoms with Crippen molar-refractivity contribution < 1.29 is 17.6 Å². The molecule has 2 atom stereocenters. The Morgan fingerprint density at radius 3 is 2.53 bits per heavy atom. The molecular formula is C13H15F4NS. The van der Waals surface area contributed by atoms with Crippen LogP contribution in [0.2, 0.25) is 0 Å². The van der Waals surface area contributed by atoms with E-state index in [4.69, 9.17) is 0 Å². The van der Waals surface area contributed by atoms with Crippen molar-refractivity contribution in [1.82, 2.24) is 5.32 Å². The van der Waals surface area contributed by atoms with Crippen molar-refractivity contribution in [2.75, 3.05) is 12.8 Å². The van der Waals surface area contributed by atoms with Crippen LogP contribution >= 0.6 is 11.8 Å². The van der Waals surface area contributed by atoms with Gasteiger partial charge in [-0.2, -0.15) is 13.2 Å². The van der Waals surface area contributed by atoms with E-state index in [0.29, 0.717) is 0 Å². The molecule has 1 nitrogen and oxygen atoms in total. The lowest BCUT2D eigenvalue weighted by atomic mass is 9.87. The van der Waals surface area contributed by atoms with Gasteiger partial charge >= 0.3 is 6.18 Å². The van der Waals surface area contributed by atoms with Gasteiger partial charge in [0.2, 0.25) is 5.67 Å². The summed E-state index contributed by atoms with van der Waals surface area (Å²) in [5.41, 5.74) is -2.70. The summed E-state index contributed by atoms with van der Waals surface area (Å²) in [6.45, 7) is 1.20. The third-order valence-electron chi connectivity index (χ3n) is 3.56. The van der Waals surface area contributed by atoms with E-state index in [1.54, 1.807) is 6.07 Å². The van der Waals surface area contributed by atoms with E-state index in [1.807, 2.05) is 0 Å². The molecule has 0 bridgehead atoms. The van der Waals surface area contributed by atoms with Crippen LogP contribution in [0.4, 0.5) is 17.6 Å². The highest BCUT2D eigenvalue weighted by molar-refractivity contribution is 7.99. The minimum absolute atomic E-state index is 0.324. The number of fused-ring (bicyclic) bond motifs is 1. The number of likely N-dealkylation sites (N-methyl/N-ethyl adjacent to an activating group) is 1. The Kier molecular flexibility index (Phi) is 3.84. The molecule has 1 aliphatic rings. The third-order valence-corrected chi connectivity index (χ3v) is 4.66. The molecule has 0 saturated heterocycles. The van der Waals surface area contributed by atoms with Crippen molar-refractivity contribution in [1.29, 1.82) is 0 Å². The Balaban J connectivity index is 2.50. The zero-order chi connectivity index (χ0) is 14.3. The summed E-state index contributed by atoms with van der Waals surface area (Å²) in [5.74, 6) is 0.839. The van der Waals surface area contributed by atoms with Crippen LogP contribution < -0.4 is 5.32 Å². The van der Waals surface area contributed by atoms with Gasteiger partial charge < -0.3 is 5.32 Å². The molecule has 1 N–H and O–H groups in total. The maximum absolute atomic E-state index is 14.7. The summed E-state index contributed by atoms with van der Waals surface area (Å²) in [6, 6.07) is 2.85. The van der Waals surface area contributed by atoms with Crippen LogP contribution in [0.3, 0.4) is 0 Å². The Hall–Kier alpha value is -0.750. The molecule has 2 rings (SSSR count). The average molecular weight is 293 g/mol. The quantitative estimate of drug-likeness (QED) is 0.853. The molecule has 0 aliphatic carbocycles. The molecule has 0 radical (unpaired) electrons. The summed E-state index contributed by atoms with van der Waals surface area (Å²) in [5, 5.41) is 2.38. The monoisotopic (exact) mass is 293 g/mol. The van der Waals surface area contributed by atoms with Crippen LogP contribution in [-0.4, -0.2) is 25.0 Å². The van der Waals surface area contributed by atoms with Gasteiger partial charge in [-0.3, -0.25) is 0 Å². The van der Waals surface area contributed by atoms with E-state index in [-0.39, 0.29) is 5.56 Å². The lowest BCUT2D eigenvalue weighted by Gasteiger charge is -2.33. The van der Waals surface area contributed by atoms with Gasteiger partial charge in [-0.15, -0.1) is 11.8 Å². The molecule has 6 heteroatoms. The molecule has 0 amide bonds. The summed E-state index contributed by atoms with van der Waals surface area (Å²) in [6.07, 6.45) is -4.12. The SMILES string of the molecule is CNC(C)C(F)(c1ccc2c(c1)SCC2)C(F)(F)F. The molecular weight excluding hydrogens is 278 g/mol. The lowest BCUT2D eigenvalue weighted by Crippen LogP contribution is -2.52. The Morgan fingerprint density at radius 1 is 1.26 bits per heavy atom. The van der Waals surface area contributed by atoms with Gasteiger partial charge in [-0.25, -0.2) is 4.39 Å². The third kappa shape index (κ3) is 2.36. The minimum atomic E-state index is -4.95. The van der Waals surface area contributed by atoms with Crippen molar-refractivity contribution in [2.45, 2.75) is 36.1 Å². The van der Waals surface area contributed by atoms with Gasteiger partial charge in [0.15, 0.2) is 0 Å². The number of benzene rings is 1. The number of nitrogens with one attached hydrogen (secondary N) is 1. The van der Waals surface area contributed by atoms with Crippen molar-refractivity contribution in [3.05, 3.63) is 29.3 Å². The topological polar surface area (TPSA) is 12.0 Å². The summed E-state index contributed by atoms with van der Waals surface area (Å²) in [7, 11) is 1.33. The molecule has 0 saturated carbocycles. The van der Waals surface area contributed by atoms with Crippen molar-refractivity contribution >= 4 is 11.8 Å². The first-order chi connectivity index (χ1) is 8.80. The van der Waals surface area contributed by atoms with Crippen molar-refractivity contribution in [3.63, 3.8) is 0 Å². The number of halogens is 4. The van der Waals surface area contributed by atoms with E-state index in [0.717, 1.165) is 22.6 Å². The molecule has 19 heavy (non-hydrogen) atoms. The molecule has 1 aliphatic heterocycles. The first-order valence-electron chi connectivity index (χ1n) is 6.00. The highest BCUT2D eigenvalue weighted by atomic mass is 32.2. The zero-order valence-electron chi connectivity index (χ0n) is 10.6. The normalized spacial score (nSPS) is 19.9. The second-order valence-electron chi connectivity index (χ2n) is 4.64. The second kappa shape index (κ2) is 4.98. The summed E-state index contributed by atoms with van der Waals surface area (Å²) in [4.78, 5) is 0.757. The van der Waals surface area contributed by atoms with Crippen LogP contribution in [-0.2, 0) is 12.1 Å². The van der Waals surface area contributed by atoms with E-state index < -0.39 is 17.9 Å². The van der Waals surface area contributed by atoms with E-state index in [9.17, 15) is 17.6 Å². The zero-order valence-corrected chi connectivity index (χ0v) is 11.5. The van der Waals surface area contributed by atoms with Crippen LogP contribution in [0.1, 0.15) is 18.1 Å². The minimum Gasteiger partial charge on any atom is -0.314 e. The fraction of sp³-hybridized carbons (Fsp3) is 0.538. The standard InChI is InChI=1S/C13H15F4NS/c1-8(18-2)12(14,13(15,16)17)10-4-3-9-5-6-19-11(9)7-10/h3-4,7-8,18H,5-6H2,1-2H3. The first kappa shape index (κ1) is 14.7. The summed E-state index contributed by atoms with van der Waals surface area (Å²) < 4.78 is 54.2. The number of aryl methyl sites for hydroxylation is 1. The van der Waals surface area contributed by atoms with Gasteiger partial charge in [0.1, 0.15) is 0 Å². The molecule has 0 spiro atoms. The van der Waals surface area contributed by atoms with Crippen LogP contribution in [0.5, 0.6) is 0 Å². The van der Waals surface area contributed by atoms with Crippen LogP contribution in [0.15, 0.2) is 23.1 Å². The lowest BCUT2D eigenvalue weighted by molar-refractivity contribution is -0.244. The second-order valence-corrected chi connectivity index (χ2v) is 5.78. The molecule has 1 heterocycles. The Morgan fingerprint density at radius 2 is 1.95 bits per heavy atom. The highest BCUT2D eigenvalue weighted by Gasteiger charge is 2.60. The van der Waals surface area contributed by atoms with Gasteiger partial charge in [0.25, 0.3) is 0 Å². The summed E-state index contributed by atoms with van der Waals surface area (Å²) >= 11 is 1.47. The fourth-order valence-corrected chi connectivity index (χ4v) is 3.36. The average Bonchev–Trinajstić information content (AvgIpc) is 2.82. The number of hydrogen-bond donors (Lipinski definition) is 1. The molecule has 2 unspecified atom stereocenters. The maximum atomic E-state index is 14.7. The predicted octanol–water partition coefficient (Wildman–Crippen LogP) is 3.67. The number of rotatable bonds is 3. The molecule has 1 aromatic carbocycles. The Labute approximate surface area is 113 Å². The van der Waals surface area contributed by atoms with E-state index in [1.165, 1.54) is 37.9 Å². The fourth-order valence-electron chi connectivity index (χ4n) is 2.25. The molecule has 1 aromatic rings. The predicted molar refractivity (Wildman–Crippen MR) is 68.2 cm³/mol. The van der Waals surface area contributed by atoms with Gasteiger partial charge in [-0.05, 0) is 32.0 Å². The largest absolute Gasteiger partial charge is 0.428 e. The molecule has 0 fully saturated rings. The number of thioether (sulfide) groups is 1. The maximum Gasteiger partial charge on any atom is 0.428 e. The molecule has 106 valence electrons. The van der Waals surface area contributed by atoms with Crippen molar-refractivity contribution in [2.24, 2.45) is 0 Å². The van der Waals surface area contributed by atoms with Crippen molar-refractivity contribution in [3.8, 4) is 0 Å². The van der Waals surface area contributed by atoms with Gasteiger partial charge in [-0.1, -0.05) is 12.1 Å². The van der Waals surface area contributed by atoms with Crippen LogP contribution in [0.25, 0.3) is 0 Å². The van der Waals surface area contributed by atoms with E-state index >= 15 is 0 Å². The van der Waals surface area contributed by atoms with E-state index in [2.05, 4.69) is 5.32 Å². The number of hydrogen-bond acceptors (Lipinski definition) is 2. The highest BCUT2D eigenvalue weighted by Crippen LogP contribution is 2.46. The number of alkyl halides is 4. The van der Waals surface area contributed by atoms with Gasteiger partial charge in [0, 0.05) is 16.2 Å². The van der Waals surface area contributed by atoms with Crippen LogP contribution in [0, 0.1) is 0 Å². The first-order valence-corrected chi connectivity index (χ1v) is 6.98. The smallest absolute Gasteiger partial charge is 0.314 e. The van der Waals surface area contributed by atoms with Gasteiger partial charge in [0.05, 0.1) is 6.04 Å².